The summed E-state index contributed by atoms with van der Waals surface area (Å²) in [4.78, 5) is 42.6. The fourth-order valence-corrected chi connectivity index (χ4v) is 4.13. The molecule has 220 valence electrons. The van der Waals surface area contributed by atoms with E-state index in [1.54, 1.807) is 14.1 Å². The summed E-state index contributed by atoms with van der Waals surface area (Å²) in [6, 6.07) is 6.54. The van der Waals surface area contributed by atoms with Crippen LogP contribution in [0.5, 0.6) is 0 Å². The number of benzene rings is 1. The molecule has 1 aromatic carbocycles. The van der Waals surface area contributed by atoms with Crippen molar-refractivity contribution in [3.8, 4) is 0 Å². The molecular weight excluding hydrogens is 492 g/mol. The maximum Gasteiger partial charge on any atom is 0.331 e. The summed E-state index contributed by atoms with van der Waals surface area (Å²) in [6.45, 7) is 19.5. The van der Waals surface area contributed by atoms with E-state index in [2.05, 4.69) is 29.5 Å². The Morgan fingerprint density at radius 3 is 2.08 bits per heavy atom. The van der Waals surface area contributed by atoms with Gasteiger partial charge in [-0.25, -0.2) is 4.79 Å². The summed E-state index contributed by atoms with van der Waals surface area (Å²) < 4.78 is 0. The summed E-state index contributed by atoms with van der Waals surface area (Å²) in [5.41, 5.74) is 1.01. The molecule has 0 radical (unpaired) electrons. The third-order valence-corrected chi connectivity index (χ3v) is 6.34. The van der Waals surface area contributed by atoms with Crippen LogP contribution in [0.4, 0.5) is 0 Å². The summed E-state index contributed by atoms with van der Waals surface area (Å²) >= 11 is 0. The van der Waals surface area contributed by atoms with Crippen LogP contribution in [0.2, 0.25) is 0 Å². The SMILES string of the molecule is CC.CCC.CNC(C(=O)NC(C(=O)N(C)C/C=C(\C)C(=O)O)C(C)(C)C)C(C)(C)c1c[nH]c2ccccc12. The minimum Gasteiger partial charge on any atom is -0.478 e. The Hall–Kier alpha value is -3.13. The Labute approximate surface area is 235 Å². The number of hydrogen-bond acceptors (Lipinski definition) is 4. The number of carbonyl (C=O) groups excluding carboxylic acids is 2. The van der Waals surface area contributed by atoms with Crippen LogP contribution in [0.25, 0.3) is 10.9 Å². The second-order valence-corrected chi connectivity index (χ2v) is 11.1. The van der Waals surface area contributed by atoms with Crippen LogP contribution < -0.4 is 10.6 Å². The highest BCUT2D eigenvalue weighted by Crippen LogP contribution is 2.33. The van der Waals surface area contributed by atoms with E-state index in [1.807, 2.05) is 78.9 Å². The molecule has 2 rings (SSSR count). The van der Waals surface area contributed by atoms with Gasteiger partial charge in [-0.1, -0.05) is 93.0 Å². The second kappa shape index (κ2) is 16.1. The van der Waals surface area contributed by atoms with Crippen molar-refractivity contribution in [2.24, 2.45) is 5.41 Å². The van der Waals surface area contributed by atoms with E-state index in [9.17, 15) is 14.4 Å². The minimum atomic E-state index is -1.03. The van der Waals surface area contributed by atoms with Gasteiger partial charge in [0.1, 0.15) is 6.04 Å². The lowest BCUT2D eigenvalue weighted by Gasteiger charge is -2.37. The number of aromatic nitrogens is 1. The van der Waals surface area contributed by atoms with Gasteiger partial charge < -0.3 is 25.6 Å². The van der Waals surface area contributed by atoms with Crippen LogP contribution in [0.15, 0.2) is 42.1 Å². The van der Waals surface area contributed by atoms with Crippen molar-refractivity contribution >= 4 is 28.7 Å². The van der Waals surface area contributed by atoms with Crippen molar-refractivity contribution in [2.45, 2.75) is 93.2 Å². The zero-order valence-corrected chi connectivity index (χ0v) is 26.2. The van der Waals surface area contributed by atoms with Crippen molar-refractivity contribution in [3.05, 3.63) is 47.7 Å². The fraction of sp³-hybridized carbons (Fsp3) is 0.581. The van der Waals surface area contributed by atoms with Gasteiger partial charge in [-0.05, 0) is 31.0 Å². The summed E-state index contributed by atoms with van der Waals surface area (Å²) in [5.74, 6) is -1.59. The maximum absolute atomic E-state index is 13.5. The normalized spacial score (nSPS) is 13.3. The lowest BCUT2D eigenvalue weighted by atomic mass is 9.76. The molecule has 0 aliphatic heterocycles. The van der Waals surface area contributed by atoms with E-state index in [4.69, 9.17) is 5.11 Å². The average Bonchev–Trinajstić information content (AvgIpc) is 3.31. The molecule has 8 nitrogen and oxygen atoms in total. The van der Waals surface area contributed by atoms with E-state index in [1.165, 1.54) is 24.3 Å². The molecule has 4 N–H and O–H groups in total. The number of fused-ring (bicyclic) bond motifs is 1. The molecular formula is C31H52N4O4. The third kappa shape index (κ3) is 9.84. The first-order chi connectivity index (χ1) is 18.1. The number of nitrogens with one attached hydrogen (secondary N) is 3. The first-order valence-electron chi connectivity index (χ1n) is 13.8. The molecule has 0 spiro atoms. The molecule has 1 aromatic heterocycles. The molecule has 0 aliphatic rings. The number of H-pyrrole nitrogens is 1. The van der Waals surface area contributed by atoms with Crippen LogP contribution in [-0.2, 0) is 19.8 Å². The number of nitrogens with zero attached hydrogens (tertiary/aromatic N) is 1. The molecule has 0 fully saturated rings. The zero-order chi connectivity index (χ0) is 30.6. The molecule has 2 atom stereocenters. The Morgan fingerprint density at radius 2 is 1.59 bits per heavy atom. The topological polar surface area (TPSA) is 115 Å². The quantitative estimate of drug-likeness (QED) is 0.312. The van der Waals surface area contributed by atoms with E-state index < -0.39 is 28.9 Å². The monoisotopic (exact) mass is 544 g/mol. The van der Waals surface area contributed by atoms with Gasteiger partial charge in [0.2, 0.25) is 11.8 Å². The largest absolute Gasteiger partial charge is 0.478 e. The summed E-state index contributed by atoms with van der Waals surface area (Å²) in [5, 5.41) is 16.2. The number of carboxylic acids is 1. The van der Waals surface area contributed by atoms with Gasteiger partial charge >= 0.3 is 5.97 Å². The van der Waals surface area contributed by atoms with Crippen LogP contribution >= 0.6 is 0 Å². The number of hydrogen-bond donors (Lipinski definition) is 4. The Morgan fingerprint density at radius 1 is 1.05 bits per heavy atom. The van der Waals surface area contributed by atoms with Gasteiger partial charge in [0.15, 0.2) is 0 Å². The van der Waals surface area contributed by atoms with Gasteiger partial charge in [-0.2, -0.15) is 0 Å². The smallest absolute Gasteiger partial charge is 0.331 e. The highest BCUT2D eigenvalue weighted by Gasteiger charge is 2.41. The molecule has 0 saturated carbocycles. The number of carboxylic acid groups (broad SMARTS) is 1. The van der Waals surface area contributed by atoms with Gasteiger partial charge in [-0.15, -0.1) is 0 Å². The average molecular weight is 545 g/mol. The molecule has 2 unspecified atom stereocenters. The number of aromatic amines is 1. The number of para-hydroxylation sites is 1. The Kier molecular flexibility index (Phi) is 14.8. The molecule has 39 heavy (non-hydrogen) atoms. The molecule has 2 amide bonds. The predicted octanol–water partition coefficient (Wildman–Crippen LogP) is 5.50. The van der Waals surface area contributed by atoms with Crippen LogP contribution in [0.3, 0.4) is 0 Å². The number of amides is 2. The number of aliphatic carboxylic acids is 1. The van der Waals surface area contributed by atoms with E-state index in [-0.39, 0.29) is 23.9 Å². The van der Waals surface area contributed by atoms with Crippen molar-refractivity contribution in [1.82, 2.24) is 20.5 Å². The van der Waals surface area contributed by atoms with Crippen LogP contribution in [0.1, 0.15) is 81.2 Å². The van der Waals surface area contributed by atoms with Gasteiger partial charge in [0.05, 0.1) is 6.04 Å². The van der Waals surface area contributed by atoms with Crippen molar-refractivity contribution < 1.29 is 19.5 Å². The number of rotatable bonds is 9. The Bertz CT molecular complexity index is 1100. The van der Waals surface area contributed by atoms with Crippen LogP contribution in [0, 0.1) is 5.41 Å². The van der Waals surface area contributed by atoms with Crippen molar-refractivity contribution in [3.63, 3.8) is 0 Å². The Balaban J connectivity index is 0.00000269. The molecule has 8 heteroatoms. The van der Waals surface area contributed by atoms with Crippen molar-refractivity contribution in [1.29, 1.82) is 0 Å². The lowest BCUT2D eigenvalue weighted by Crippen LogP contribution is -2.60. The molecule has 0 aliphatic carbocycles. The van der Waals surface area contributed by atoms with Gasteiger partial charge in [0.25, 0.3) is 0 Å². The van der Waals surface area contributed by atoms with E-state index in [0.29, 0.717) is 0 Å². The van der Waals surface area contributed by atoms with Crippen molar-refractivity contribution in [2.75, 3.05) is 20.6 Å². The minimum absolute atomic E-state index is 0.135. The second-order valence-electron chi connectivity index (χ2n) is 11.1. The highest BCUT2D eigenvalue weighted by atomic mass is 16.4. The highest BCUT2D eigenvalue weighted by molar-refractivity contribution is 5.92. The molecule has 2 aromatic rings. The first-order valence-corrected chi connectivity index (χ1v) is 13.8. The summed E-state index contributed by atoms with van der Waals surface area (Å²) in [7, 11) is 3.34. The first kappa shape index (κ1) is 35.9. The predicted molar refractivity (Wildman–Crippen MR) is 162 cm³/mol. The summed E-state index contributed by atoms with van der Waals surface area (Å²) in [6.07, 6.45) is 4.66. The van der Waals surface area contributed by atoms with E-state index in [0.717, 1.165) is 16.5 Å². The van der Waals surface area contributed by atoms with Gasteiger partial charge in [-0.3, -0.25) is 9.59 Å². The fourth-order valence-electron chi connectivity index (χ4n) is 4.13. The standard InChI is InChI=1S/C26H38N4O4.C3H8.C2H6/c1-16(24(33)34)13-14-30(8)23(32)21(25(2,3)4)29-22(31)20(27-7)26(5,6)18-15-28-19-12-10-9-11-17(18)19;1-3-2;1-2/h9-13,15,20-21,27-28H,14H2,1-8H3,(H,29,31)(H,33,34);3H2,1-2H3;1-2H3/b16-13+;;. The number of likely N-dealkylation sites (N-methyl/N-ethyl adjacent to an activating group) is 2. The van der Waals surface area contributed by atoms with E-state index >= 15 is 0 Å². The van der Waals surface area contributed by atoms with Gasteiger partial charge in [0, 0.05) is 41.7 Å². The maximum atomic E-state index is 13.5. The lowest BCUT2D eigenvalue weighted by molar-refractivity contribution is -0.139. The zero-order valence-electron chi connectivity index (χ0n) is 26.2. The molecule has 1 heterocycles. The molecule has 0 bridgehead atoms. The van der Waals surface area contributed by atoms with Crippen LogP contribution in [-0.4, -0.2) is 65.5 Å². The molecule has 0 saturated heterocycles. The third-order valence-electron chi connectivity index (χ3n) is 6.34. The number of carbonyl (C=O) groups is 3.